The van der Waals surface area contributed by atoms with Crippen molar-refractivity contribution in [3.05, 3.63) is 52.0 Å². The second kappa shape index (κ2) is 5.63. The minimum atomic E-state index is -0.548. The Bertz CT molecular complexity index is 649. The van der Waals surface area contributed by atoms with Crippen LogP contribution in [0.1, 0.15) is 11.3 Å². The van der Waals surface area contributed by atoms with E-state index in [0.717, 1.165) is 0 Å². The molecule has 0 aliphatic carbocycles. The van der Waals surface area contributed by atoms with Gasteiger partial charge in [-0.3, -0.25) is 4.98 Å². The largest absolute Gasteiger partial charge is 0.452 e. The number of hydrogen-bond donors (Lipinski definition) is 1. The zero-order valence-corrected chi connectivity index (χ0v) is 12.4. The number of halogens is 2. The zero-order valence-electron chi connectivity index (χ0n) is 9.98. The normalized spacial score (nSPS) is 10.3. The van der Waals surface area contributed by atoms with Crippen LogP contribution in [0.3, 0.4) is 0 Å². The van der Waals surface area contributed by atoms with Crippen LogP contribution in [0.4, 0.5) is 4.39 Å². The molecule has 0 aliphatic heterocycles. The molecule has 0 amide bonds. The number of rotatable bonds is 3. The lowest BCUT2D eigenvalue weighted by atomic mass is 10.2. The summed E-state index contributed by atoms with van der Waals surface area (Å²) in [4.78, 5) is 4.19. The first-order chi connectivity index (χ1) is 9.00. The van der Waals surface area contributed by atoms with Gasteiger partial charge in [0.1, 0.15) is 10.7 Å². The Morgan fingerprint density at radius 1 is 1.37 bits per heavy atom. The number of benzene rings is 1. The molecule has 1 heterocycles. The number of thiocarbonyl (C=S) groups is 1. The Balaban J connectivity index is 2.40. The number of nitrogens with zero attached hydrogens (tertiary/aromatic N) is 1. The summed E-state index contributed by atoms with van der Waals surface area (Å²) in [6.07, 6.45) is 1.64. The van der Waals surface area contributed by atoms with Crippen molar-refractivity contribution in [3.63, 3.8) is 0 Å². The van der Waals surface area contributed by atoms with Crippen molar-refractivity contribution in [1.29, 1.82) is 0 Å². The van der Waals surface area contributed by atoms with Crippen LogP contribution in [0, 0.1) is 12.7 Å². The molecule has 2 N–H and O–H groups in total. The van der Waals surface area contributed by atoms with Crippen LogP contribution in [0.15, 0.2) is 34.9 Å². The fourth-order valence-electron chi connectivity index (χ4n) is 1.50. The number of pyridine rings is 1. The SMILES string of the molecule is Cc1ncccc1Oc1ccc(C(N)=S)c(Br)c1F. The molecule has 0 fully saturated rings. The minimum absolute atomic E-state index is 0.0861. The van der Waals surface area contributed by atoms with Crippen LogP contribution in [0.5, 0.6) is 11.5 Å². The van der Waals surface area contributed by atoms with Gasteiger partial charge in [0.05, 0.1) is 10.2 Å². The maximum atomic E-state index is 14.1. The lowest BCUT2D eigenvalue weighted by molar-refractivity contribution is 0.435. The number of nitrogens with two attached hydrogens (primary N) is 1. The molecule has 0 atom stereocenters. The first-order valence-electron chi connectivity index (χ1n) is 5.38. The Kier molecular flexibility index (Phi) is 4.11. The van der Waals surface area contributed by atoms with E-state index in [1.165, 1.54) is 6.07 Å². The third kappa shape index (κ3) is 2.90. The molecule has 1 aromatic heterocycles. The van der Waals surface area contributed by atoms with E-state index < -0.39 is 5.82 Å². The molecule has 6 heteroatoms. The van der Waals surface area contributed by atoms with Gasteiger partial charge in [-0.2, -0.15) is 0 Å². The molecule has 2 aromatic rings. The summed E-state index contributed by atoms with van der Waals surface area (Å²) in [5, 5.41) is 0. The van der Waals surface area contributed by atoms with Gasteiger partial charge in [-0.05, 0) is 47.1 Å². The molecular formula is C13H10BrFN2OS. The number of aromatic nitrogens is 1. The van der Waals surface area contributed by atoms with Crippen LogP contribution in [0.25, 0.3) is 0 Å². The lowest BCUT2D eigenvalue weighted by Gasteiger charge is -2.11. The van der Waals surface area contributed by atoms with Crippen molar-refractivity contribution in [3.8, 4) is 11.5 Å². The molecule has 1 aromatic carbocycles. The lowest BCUT2D eigenvalue weighted by Crippen LogP contribution is -2.11. The van der Waals surface area contributed by atoms with Crippen LogP contribution < -0.4 is 10.5 Å². The molecule has 0 radical (unpaired) electrons. The van der Waals surface area contributed by atoms with Crippen molar-refractivity contribution >= 4 is 33.1 Å². The molecule has 0 unspecified atom stereocenters. The smallest absolute Gasteiger partial charge is 0.180 e. The predicted octanol–water partition coefficient (Wildman–Crippen LogP) is 3.72. The first kappa shape index (κ1) is 13.9. The summed E-state index contributed by atoms with van der Waals surface area (Å²) in [5.74, 6) is 0.0351. The van der Waals surface area contributed by atoms with E-state index in [-0.39, 0.29) is 15.2 Å². The van der Waals surface area contributed by atoms with Gasteiger partial charge in [0.15, 0.2) is 11.6 Å². The Hall–Kier alpha value is -1.53. The number of hydrogen-bond acceptors (Lipinski definition) is 3. The maximum Gasteiger partial charge on any atom is 0.180 e. The van der Waals surface area contributed by atoms with Crippen molar-refractivity contribution < 1.29 is 9.13 Å². The number of aryl methyl sites for hydroxylation is 1. The van der Waals surface area contributed by atoms with E-state index in [1.54, 1.807) is 31.3 Å². The van der Waals surface area contributed by atoms with Gasteiger partial charge in [-0.1, -0.05) is 12.2 Å². The zero-order chi connectivity index (χ0) is 14.0. The molecule has 3 nitrogen and oxygen atoms in total. The maximum absolute atomic E-state index is 14.1. The third-order valence-corrected chi connectivity index (χ3v) is 3.49. The third-order valence-electron chi connectivity index (χ3n) is 2.49. The van der Waals surface area contributed by atoms with Gasteiger partial charge < -0.3 is 10.5 Å². The van der Waals surface area contributed by atoms with E-state index in [0.29, 0.717) is 17.0 Å². The molecule has 19 heavy (non-hydrogen) atoms. The van der Waals surface area contributed by atoms with Gasteiger partial charge >= 0.3 is 0 Å². The van der Waals surface area contributed by atoms with Crippen LogP contribution >= 0.6 is 28.1 Å². The highest BCUT2D eigenvalue weighted by molar-refractivity contribution is 9.10. The van der Waals surface area contributed by atoms with Crippen molar-refractivity contribution in [2.24, 2.45) is 5.73 Å². The van der Waals surface area contributed by atoms with E-state index in [1.807, 2.05) is 0 Å². The minimum Gasteiger partial charge on any atom is -0.452 e. The average molecular weight is 341 g/mol. The Morgan fingerprint density at radius 3 is 2.74 bits per heavy atom. The summed E-state index contributed by atoms with van der Waals surface area (Å²) < 4.78 is 19.8. The average Bonchev–Trinajstić information content (AvgIpc) is 2.37. The Morgan fingerprint density at radius 2 is 2.11 bits per heavy atom. The molecule has 0 saturated carbocycles. The molecule has 0 bridgehead atoms. The molecule has 0 spiro atoms. The summed E-state index contributed by atoms with van der Waals surface area (Å²) in [7, 11) is 0. The van der Waals surface area contributed by atoms with Gasteiger partial charge in [0, 0.05) is 11.8 Å². The first-order valence-corrected chi connectivity index (χ1v) is 6.58. The van der Waals surface area contributed by atoms with Gasteiger partial charge in [0.2, 0.25) is 0 Å². The molecule has 0 saturated heterocycles. The molecule has 2 rings (SSSR count). The van der Waals surface area contributed by atoms with Crippen LogP contribution in [-0.4, -0.2) is 9.97 Å². The number of ether oxygens (including phenoxy) is 1. The monoisotopic (exact) mass is 340 g/mol. The van der Waals surface area contributed by atoms with Crippen molar-refractivity contribution in [1.82, 2.24) is 4.98 Å². The summed E-state index contributed by atoms with van der Waals surface area (Å²) in [6, 6.07) is 6.54. The van der Waals surface area contributed by atoms with E-state index >= 15 is 0 Å². The van der Waals surface area contributed by atoms with Crippen LogP contribution in [0.2, 0.25) is 0 Å². The van der Waals surface area contributed by atoms with E-state index in [4.69, 9.17) is 22.7 Å². The second-order valence-electron chi connectivity index (χ2n) is 3.79. The highest BCUT2D eigenvalue weighted by atomic mass is 79.9. The second-order valence-corrected chi connectivity index (χ2v) is 5.03. The molecule has 98 valence electrons. The summed E-state index contributed by atoms with van der Waals surface area (Å²) in [5.41, 5.74) is 6.60. The highest BCUT2D eigenvalue weighted by Crippen LogP contribution is 2.32. The van der Waals surface area contributed by atoms with Crippen molar-refractivity contribution in [2.45, 2.75) is 6.92 Å². The van der Waals surface area contributed by atoms with Crippen LogP contribution in [-0.2, 0) is 0 Å². The Labute approximate surface area is 123 Å². The van der Waals surface area contributed by atoms with Gasteiger partial charge in [-0.25, -0.2) is 4.39 Å². The molecule has 0 aliphatic rings. The van der Waals surface area contributed by atoms with Crippen molar-refractivity contribution in [2.75, 3.05) is 0 Å². The van der Waals surface area contributed by atoms with Gasteiger partial charge in [0.25, 0.3) is 0 Å². The molecular weight excluding hydrogens is 331 g/mol. The van der Waals surface area contributed by atoms with E-state index in [2.05, 4.69) is 20.9 Å². The summed E-state index contributed by atoms with van der Waals surface area (Å²) in [6.45, 7) is 1.78. The highest BCUT2D eigenvalue weighted by Gasteiger charge is 2.15. The fourth-order valence-corrected chi connectivity index (χ4v) is 2.34. The quantitative estimate of drug-likeness (QED) is 0.865. The standard InChI is InChI=1S/C13H10BrFN2OS/c1-7-9(3-2-6-17-7)18-10-5-4-8(13(16)19)11(14)12(10)15/h2-6H,1H3,(H2,16,19). The van der Waals surface area contributed by atoms with E-state index in [9.17, 15) is 4.39 Å². The topological polar surface area (TPSA) is 48.1 Å². The van der Waals surface area contributed by atoms with Gasteiger partial charge in [-0.15, -0.1) is 0 Å². The summed E-state index contributed by atoms with van der Waals surface area (Å²) >= 11 is 7.96. The fraction of sp³-hybridized carbons (Fsp3) is 0.0769. The predicted molar refractivity (Wildman–Crippen MR) is 79.0 cm³/mol.